The van der Waals surface area contributed by atoms with Gasteiger partial charge in [0.2, 0.25) is 5.12 Å². The van der Waals surface area contributed by atoms with Gasteiger partial charge in [0.25, 0.3) is 0 Å². The Bertz CT molecular complexity index is 464. The second-order valence-electron chi connectivity index (χ2n) is 2.64. The van der Waals surface area contributed by atoms with E-state index in [0.717, 1.165) is 13.0 Å². The summed E-state index contributed by atoms with van der Waals surface area (Å²) in [7, 11) is 0. The third kappa shape index (κ3) is 2.75. The first-order chi connectivity index (χ1) is 7.19. The average Bonchev–Trinajstić information content (AvgIpc) is 2.75. The van der Waals surface area contributed by atoms with Crippen molar-refractivity contribution in [1.29, 1.82) is 0 Å². The number of hydrogen-bond acceptors (Lipinski definition) is 5. The van der Waals surface area contributed by atoms with Gasteiger partial charge in [-0.2, -0.15) is 0 Å². The van der Waals surface area contributed by atoms with Gasteiger partial charge in [-0.05, 0) is 52.2 Å². The number of rotatable bonds is 1. The second-order valence-corrected chi connectivity index (χ2v) is 7.15. The van der Waals surface area contributed by atoms with E-state index in [4.69, 9.17) is 0 Å². The Morgan fingerprint density at radius 3 is 2.87 bits per heavy atom. The molecule has 0 bridgehead atoms. The predicted molar refractivity (Wildman–Crippen MR) is 73.5 cm³/mol. The molecule has 1 aromatic heterocycles. The molecule has 0 amide bonds. The van der Waals surface area contributed by atoms with E-state index in [-0.39, 0.29) is 5.12 Å². The minimum atomic E-state index is 0.0314. The molecular formula is C9H6BrNOS3. The van der Waals surface area contributed by atoms with Gasteiger partial charge in [-0.25, -0.2) is 4.99 Å². The van der Waals surface area contributed by atoms with Gasteiger partial charge in [0.15, 0.2) is 0 Å². The fourth-order valence-electron chi connectivity index (χ4n) is 1.02. The van der Waals surface area contributed by atoms with Crippen molar-refractivity contribution in [2.45, 2.75) is 0 Å². The molecule has 2 nitrogen and oxygen atoms in total. The molecule has 1 aliphatic heterocycles. The van der Waals surface area contributed by atoms with Crippen LogP contribution in [0.25, 0.3) is 6.08 Å². The first-order valence-electron chi connectivity index (χ1n) is 4.01. The van der Waals surface area contributed by atoms with Gasteiger partial charge in [0, 0.05) is 4.88 Å². The van der Waals surface area contributed by atoms with Crippen molar-refractivity contribution in [2.24, 2.45) is 4.99 Å². The van der Waals surface area contributed by atoms with Crippen molar-refractivity contribution >= 4 is 66.4 Å². The molecule has 6 heteroatoms. The maximum absolute atomic E-state index is 11.5. The highest BCUT2D eigenvalue weighted by Crippen LogP contribution is 2.31. The van der Waals surface area contributed by atoms with E-state index in [2.05, 4.69) is 20.9 Å². The number of carbonyl (C=O) groups excluding carboxylic acids is 1. The molecule has 0 saturated carbocycles. The molecular weight excluding hydrogens is 314 g/mol. The van der Waals surface area contributed by atoms with Crippen LogP contribution in [0.1, 0.15) is 4.88 Å². The van der Waals surface area contributed by atoms with Crippen LogP contribution < -0.4 is 0 Å². The van der Waals surface area contributed by atoms with Gasteiger partial charge in [0.05, 0.1) is 3.79 Å². The van der Waals surface area contributed by atoms with Crippen LogP contribution in [-0.2, 0) is 4.79 Å². The second kappa shape index (κ2) is 4.86. The largest absolute Gasteiger partial charge is 0.279 e. The summed E-state index contributed by atoms with van der Waals surface area (Å²) in [6, 6.07) is 3.93. The summed E-state index contributed by atoms with van der Waals surface area (Å²) in [4.78, 5) is 16.8. The fourth-order valence-corrected chi connectivity index (χ4v) is 3.64. The highest BCUT2D eigenvalue weighted by Gasteiger charge is 2.21. The third-order valence-corrected chi connectivity index (χ3v) is 5.07. The van der Waals surface area contributed by atoms with E-state index in [1.807, 2.05) is 24.5 Å². The molecule has 0 unspecified atom stereocenters. The maximum atomic E-state index is 11.5. The molecule has 1 aromatic rings. The van der Waals surface area contributed by atoms with Crippen LogP contribution in [0.2, 0.25) is 0 Å². The number of hydrogen-bond donors (Lipinski definition) is 0. The molecule has 0 aliphatic carbocycles. The lowest BCUT2D eigenvalue weighted by atomic mass is 10.4. The number of aliphatic imine (C=N–C) groups is 1. The topological polar surface area (TPSA) is 29.4 Å². The fraction of sp³-hybridized carbons (Fsp3) is 0.111. The van der Waals surface area contributed by atoms with Gasteiger partial charge in [0.1, 0.15) is 10.1 Å². The molecule has 0 saturated heterocycles. The molecule has 0 atom stereocenters. The Morgan fingerprint density at radius 2 is 2.33 bits per heavy atom. The summed E-state index contributed by atoms with van der Waals surface area (Å²) in [5, 5.41) is 0.0314. The smallest absolute Gasteiger partial charge is 0.244 e. The van der Waals surface area contributed by atoms with Crippen LogP contribution in [0.15, 0.2) is 26.6 Å². The van der Waals surface area contributed by atoms with E-state index < -0.39 is 0 Å². The predicted octanol–water partition coefficient (Wildman–Crippen LogP) is 3.84. The maximum Gasteiger partial charge on any atom is 0.244 e. The molecule has 2 rings (SSSR count). The summed E-state index contributed by atoms with van der Waals surface area (Å²) in [6.45, 7) is 0. The average molecular weight is 320 g/mol. The number of carbonyl (C=O) groups is 1. The summed E-state index contributed by atoms with van der Waals surface area (Å²) in [6.07, 6.45) is 3.75. The van der Waals surface area contributed by atoms with Crippen LogP contribution in [-0.4, -0.2) is 15.7 Å². The lowest BCUT2D eigenvalue weighted by Crippen LogP contribution is -1.86. The molecule has 0 fully saturated rings. The van der Waals surface area contributed by atoms with E-state index in [9.17, 15) is 4.79 Å². The lowest BCUT2D eigenvalue weighted by molar-refractivity contribution is -0.107. The third-order valence-electron chi connectivity index (χ3n) is 1.65. The Labute approximate surface area is 108 Å². The van der Waals surface area contributed by atoms with Crippen LogP contribution >= 0.6 is 50.8 Å². The zero-order valence-corrected chi connectivity index (χ0v) is 11.7. The van der Waals surface area contributed by atoms with Crippen molar-refractivity contribution in [1.82, 2.24) is 0 Å². The van der Waals surface area contributed by atoms with Gasteiger partial charge in [-0.3, -0.25) is 4.79 Å². The summed E-state index contributed by atoms with van der Waals surface area (Å²) in [5.41, 5.74) is 0.540. The minimum absolute atomic E-state index is 0.0314. The molecule has 2 heterocycles. The van der Waals surface area contributed by atoms with E-state index >= 15 is 0 Å². The summed E-state index contributed by atoms with van der Waals surface area (Å²) < 4.78 is 1.88. The summed E-state index contributed by atoms with van der Waals surface area (Å²) >= 11 is 7.67. The van der Waals surface area contributed by atoms with E-state index in [1.54, 1.807) is 11.3 Å². The Balaban J connectivity index is 2.27. The SMILES string of the molecule is CSC1=N/C(=C/c2ccc(Br)s2)C(=O)S1. The molecule has 15 heavy (non-hydrogen) atoms. The van der Waals surface area contributed by atoms with E-state index in [1.165, 1.54) is 23.5 Å². The Hall–Kier alpha value is -0.0400. The van der Waals surface area contributed by atoms with Crippen molar-refractivity contribution < 1.29 is 4.79 Å². The van der Waals surface area contributed by atoms with Crippen LogP contribution in [0, 0.1) is 0 Å². The van der Waals surface area contributed by atoms with Crippen molar-refractivity contribution in [3.8, 4) is 0 Å². The van der Waals surface area contributed by atoms with Crippen LogP contribution in [0.5, 0.6) is 0 Å². The van der Waals surface area contributed by atoms with Gasteiger partial charge < -0.3 is 0 Å². The van der Waals surface area contributed by atoms with Gasteiger partial charge >= 0.3 is 0 Å². The van der Waals surface area contributed by atoms with Crippen molar-refractivity contribution in [2.75, 3.05) is 6.26 Å². The Kier molecular flexibility index (Phi) is 3.71. The van der Waals surface area contributed by atoms with E-state index in [0.29, 0.717) is 5.70 Å². The van der Waals surface area contributed by atoms with Crippen LogP contribution in [0.3, 0.4) is 0 Å². The first-order valence-corrected chi connectivity index (χ1v) is 7.66. The number of halogens is 1. The quantitative estimate of drug-likeness (QED) is 0.736. The van der Waals surface area contributed by atoms with Gasteiger partial charge in [-0.1, -0.05) is 0 Å². The molecule has 0 N–H and O–H groups in total. The highest BCUT2D eigenvalue weighted by atomic mass is 79.9. The summed E-state index contributed by atoms with van der Waals surface area (Å²) in [5.74, 6) is 0. The molecule has 0 spiro atoms. The Morgan fingerprint density at radius 1 is 1.53 bits per heavy atom. The monoisotopic (exact) mass is 319 g/mol. The van der Waals surface area contributed by atoms with Crippen molar-refractivity contribution in [3.05, 3.63) is 26.5 Å². The highest BCUT2D eigenvalue weighted by molar-refractivity contribution is 9.11. The zero-order chi connectivity index (χ0) is 10.8. The minimum Gasteiger partial charge on any atom is -0.279 e. The normalized spacial score (nSPS) is 18.7. The molecule has 78 valence electrons. The number of thiophene rings is 1. The molecule has 0 radical (unpaired) electrons. The zero-order valence-electron chi connectivity index (χ0n) is 7.69. The molecule has 1 aliphatic rings. The lowest BCUT2D eigenvalue weighted by Gasteiger charge is -1.87. The van der Waals surface area contributed by atoms with Crippen molar-refractivity contribution in [3.63, 3.8) is 0 Å². The standard InChI is InChI=1S/C9H6BrNOS3/c1-13-9-11-6(8(12)15-9)4-5-2-3-7(10)14-5/h2-4H,1H3/b6-4+. The van der Waals surface area contributed by atoms with Gasteiger partial charge in [-0.15, -0.1) is 23.1 Å². The molecule has 0 aromatic carbocycles. The number of nitrogens with zero attached hydrogens (tertiary/aromatic N) is 1. The van der Waals surface area contributed by atoms with Crippen LogP contribution in [0.4, 0.5) is 0 Å². The number of thioether (sulfide) groups is 2. The first kappa shape index (κ1) is 11.4.